The van der Waals surface area contributed by atoms with Crippen LogP contribution in [0, 0.1) is 10.8 Å². The maximum Gasteiger partial charge on any atom is 0.187 e. The van der Waals surface area contributed by atoms with Gasteiger partial charge < -0.3 is 49.6 Å². The molecule has 0 saturated carbocycles. The molecule has 4 rings (SSSR count). The van der Waals surface area contributed by atoms with Crippen LogP contribution in [0.2, 0.25) is 0 Å². The third kappa shape index (κ3) is 13.3. The Labute approximate surface area is 379 Å². The maximum atomic E-state index is 13.4. The van der Waals surface area contributed by atoms with E-state index in [2.05, 4.69) is 0 Å². The smallest absolute Gasteiger partial charge is 0.187 e. The molecule has 4 aliphatic rings. The maximum absolute atomic E-state index is 13.4. The summed E-state index contributed by atoms with van der Waals surface area (Å²) in [5, 5.41) is 61.2. The summed E-state index contributed by atoms with van der Waals surface area (Å²) in [5.74, 6) is -0.411. The van der Waals surface area contributed by atoms with Gasteiger partial charge in [0.15, 0.2) is 24.1 Å². The quantitative estimate of drug-likeness (QED) is 0.103. The van der Waals surface area contributed by atoms with Crippen LogP contribution in [0.1, 0.15) is 95.9 Å². The van der Waals surface area contributed by atoms with Crippen LogP contribution < -0.4 is 0 Å². The van der Waals surface area contributed by atoms with Crippen molar-refractivity contribution in [2.75, 3.05) is 0 Å². The number of ether oxygens (including phenoxy) is 4. The summed E-state index contributed by atoms with van der Waals surface area (Å²) in [7, 11) is 0. The number of hydrogen-bond acceptors (Lipinski definition) is 12. The molecule has 0 aromatic carbocycles. The van der Waals surface area contributed by atoms with E-state index in [1.807, 2.05) is 140 Å². The monoisotopic (exact) mass is 889 g/mol. The van der Waals surface area contributed by atoms with Crippen LogP contribution in [0.3, 0.4) is 0 Å². The number of aliphatic hydroxyl groups is 6. The zero-order valence-corrected chi connectivity index (χ0v) is 39.6. The summed E-state index contributed by atoms with van der Waals surface area (Å²) in [6, 6.07) is 0. The number of allylic oxidation sites excluding steroid dienone is 20. The second-order valence-corrected chi connectivity index (χ2v) is 19.0. The molecule has 0 spiro atoms. The van der Waals surface area contributed by atoms with E-state index in [-0.39, 0.29) is 11.6 Å². The van der Waals surface area contributed by atoms with Gasteiger partial charge in [-0.2, -0.15) is 0 Å². The number of aliphatic hydroxyl groups excluding tert-OH is 6. The van der Waals surface area contributed by atoms with E-state index < -0.39 is 84.4 Å². The van der Waals surface area contributed by atoms with Crippen molar-refractivity contribution in [2.24, 2.45) is 10.8 Å². The standard InChI is InChI=1S/C52H72O12/c1-29(19-15-21-31(3)23-25-37-33(5)41(53)39(27-51(37,9)10)63-49-47(59)45(57)43(55)35(7)61-49)17-13-14-18-30(2)20-16-22-32(4)24-26-38-34(6)42(54)40(28-52(38,11)12)64-50-48(60)46(58)44(56)36(8)62-50/h13-26,35-36,39-40,43-50,55-60H,27-28H2,1-12H3/b14-13+,19-15+,20-16+,25-23+,26-24+,29-17+,30-18+,31-21+,32-22+/t35-,36-,39-,40-,43-,44-,45+,46+,47+,48+,49-,50-/m0/s1. The van der Waals surface area contributed by atoms with Crippen LogP contribution in [0.4, 0.5) is 0 Å². The van der Waals surface area contributed by atoms with Gasteiger partial charge in [-0.3, -0.25) is 9.59 Å². The van der Waals surface area contributed by atoms with Gasteiger partial charge in [-0.05, 0) is 101 Å². The fourth-order valence-electron chi connectivity index (χ4n) is 8.36. The molecule has 2 saturated heterocycles. The minimum absolute atomic E-state index is 0.206. The van der Waals surface area contributed by atoms with Gasteiger partial charge in [0.1, 0.15) is 48.8 Å². The summed E-state index contributed by atoms with van der Waals surface area (Å²) in [6.07, 6.45) is 14.6. The highest BCUT2D eigenvalue weighted by atomic mass is 16.7. The summed E-state index contributed by atoms with van der Waals surface area (Å²) >= 11 is 0. The third-order valence-electron chi connectivity index (χ3n) is 12.5. The lowest BCUT2D eigenvalue weighted by atomic mass is 9.71. The molecular weight excluding hydrogens is 817 g/mol. The molecule has 2 heterocycles. The Morgan fingerprint density at radius 2 is 0.828 bits per heavy atom. The van der Waals surface area contributed by atoms with Crippen LogP contribution >= 0.6 is 0 Å². The molecule has 6 N–H and O–H groups in total. The predicted octanol–water partition coefficient (Wildman–Crippen LogP) is 6.61. The van der Waals surface area contributed by atoms with E-state index in [0.29, 0.717) is 24.0 Å². The summed E-state index contributed by atoms with van der Waals surface area (Å²) in [5.41, 5.74) is 6.21. The zero-order valence-electron chi connectivity index (χ0n) is 39.6. The van der Waals surface area contributed by atoms with Crippen molar-refractivity contribution >= 4 is 11.6 Å². The van der Waals surface area contributed by atoms with Crippen LogP contribution in [-0.2, 0) is 28.5 Å². The van der Waals surface area contributed by atoms with E-state index in [4.69, 9.17) is 18.9 Å². The number of rotatable bonds is 14. The van der Waals surface area contributed by atoms with Crippen molar-refractivity contribution in [3.8, 4) is 0 Å². The predicted molar refractivity (Wildman–Crippen MR) is 247 cm³/mol. The van der Waals surface area contributed by atoms with Crippen LogP contribution in [0.25, 0.3) is 0 Å². The number of carbonyl (C=O) groups is 2. The number of carbonyl (C=O) groups excluding carboxylic acids is 2. The Kier molecular flexibility index (Phi) is 18.5. The molecule has 12 heteroatoms. The first-order valence-electron chi connectivity index (χ1n) is 22.2. The number of hydrogen-bond donors (Lipinski definition) is 6. The average molecular weight is 889 g/mol. The summed E-state index contributed by atoms with van der Waals surface area (Å²) in [4.78, 5) is 26.7. The first-order chi connectivity index (χ1) is 29.9. The lowest BCUT2D eigenvalue weighted by Crippen LogP contribution is -2.58. The Hall–Kier alpha value is -3.92. The van der Waals surface area contributed by atoms with E-state index in [1.54, 1.807) is 27.7 Å². The van der Waals surface area contributed by atoms with Crippen molar-refractivity contribution < 1.29 is 59.2 Å². The van der Waals surface area contributed by atoms with Crippen molar-refractivity contribution in [3.05, 3.63) is 130 Å². The van der Waals surface area contributed by atoms with Crippen molar-refractivity contribution in [1.29, 1.82) is 0 Å². The van der Waals surface area contributed by atoms with Crippen molar-refractivity contribution in [3.63, 3.8) is 0 Å². The molecule has 12 nitrogen and oxygen atoms in total. The van der Waals surface area contributed by atoms with Gasteiger partial charge >= 0.3 is 0 Å². The highest BCUT2D eigenvalue weighted by Crippen LogP contribution is 2.43. The highest BCUT2D eigenvalue weighted by Gasteiger charge is 2.48. The van der Waals surface area contributed by atoms with Crippen molar-refractivity contribution in [1.82, 2.24) is 0 Å². The van der Waals surface area contributed by atoms with E-state index in [1.165, 1.54) is 0 Å². The van der Waals surface area contributed by atoms with Gasteiger partial charge in [0, 0.05) is 0 Å². The van der Waals surface area contributed by atoms with Gasteiger partial charge in [-0.25, -0.2) is 0 Å². The second-order valence-electron chi connectivity index (χ2n) is 19.0. The Bertz CT molecular complexity index is 1910. The Morgan fingerprint density at radius 3 is 1.17 bits per heavy atom. The van der Waals surface area contributed by atoms with E-state index >= 15 is 0 Å². The molecule has 0 amide bonds. The van der Waals surface area contributed by atoms with Crippen LogP contribution in [0.5, 0.6) is 0 Å². The Balaban J connectivity index is 1.29. The molecule has 0 bridgehead atoms. The number of ketones is 2. The van der Waals surface area contributed by atoms with Crippen molar-refractivity contribution in [2.45, 2.75) is 170 Å². The fraction of sp³-hybridized carbons (Fsp3) is 0.538. The second kappa shape index (κ2) is 22.5. The Morgan fingerprint density at radius 1 is 0.516 bits per heavy atom. The molecule has 2 aliphatic carbocycles. The molecule has 0 unspecified atom stereocenters. The average Bonchev–Trinajstić information content (AvgIpc) is 3.22. The lowest BCUT2D eigenvalue weighted by molar-refractivity contribution is -0.302. The van der Waals surface area contributed by atoms with Gasteiger partial charge in [0.2, 0.25) is 0 Å². The van der Waals surface area contributed by atoms with Gasteiger partial charge in [0.25, 0.3) is 0 Å². The molecule has 0 radical (unpaired) electrons. The van der Waals surface area contributed by atoms with Gasteiger partial charge in [-0.15, -0.1) is 0 Å². The van der Waals surface area contributed by atoms with Crippen LogP contribution in [-0.4, -0.2) is 116 Å². The molecule has 0 aromatic rings. The van der Waals surface area contributed by atoms with Gasteiger partial charge in [0.05, 0.1) is 12.2 Å². The SMILES string of the molecule is CC1=C(/C=C/C(C)=C/C=C/C(C)=C/C=C/C=C(C)/C=C/C=C(C)/C=C/C2=C(C)C(=O)[C@@H](O[C@@H]3O[C@@H](C)[C@H](O)[C@@H](O)[C@H]3O)CC2(C)C)C(C)(C)C[C@H](O[C@@H]2O[C@@H](C)[C@H](O)[C@@H](O)[C@H]2O)C1=O. The van der Waals surface area contributed by atoms with E-state index in [0.717, 1.165) is 33.4 Å². The van der Waals surface area contributed by atoms with E-state index in [9.17, 15) is 40.2 Å². The minimum atomic E-state index is -1.48. The minimum Gasteiger partial charge on any atom is -0.388 e. The molecule has 352 valence electrons. The lowest BCUT2D eigenvalue weighted by Gasteiger charge is -2.42. The molecular formula is C52H72O12. The third-order valence-corrected chi connectivity index (χ3v) is 12.5. The van der Waals surface area contributed by atoms with Crippen LogP contribution in [0.15, 0.2) is 130 Å². The first kappa shape index (κ1) is 52.7. The summed E-state index contributed by atoms with van der Waals surface area (Å²) in [6.45, 7) is 22.9. The molecule has 12 atom stereocenters. The zero-order chi connectivity index (χ0) is 47.8. The molecule has 0 aromatic heterocycles. The largest absolute Gasteiger partial charge is 0.388 e. The molecule has 2 fully saturated rings. The molecule has 2 aliphatic heterocycles. The highest BCUT2D eigenvalue weighted by molar-refractivity contribution is 6.01. The normalized spacial score (nSPS) is 35.2. The summed E-state index contributed by atoms with van der Waals surface area (Å²) < 4.78 is 23.0. The molecule has 64 heavy (non-hydrogen) atoms. The fourth-order valence-corrected chi connectivity index (χ4v) is 8.36. The topological polar surface area (TPSA) is 192 Å². The van der Waals surface area contributed by atoms with Gasteiger partial charge in [-0.1, -0.05) is 135 Å². The number of Topliss-reactive ketones (excluding diaryl/α,β-unsaturated/α-hetero) is 2. The first-order valence-corrected chi connectivity index (χ1v) is 22.2.